The van der Waals surface area contributed by atoms with Gasteiger partial charge in [-0.3, -0.25) is 14.9 Å². The molecule has 2 aromatic carbocycles. The molecule has 0 saturated heterocycles. The number of rotatable bonds is 4. The summed E-state index contributed by atoms with van der Waals surface area (Å²) in [6.45, 7) is 0. The minimum absolute atomic E-state index is 0.0631. The van der Waals surface area contributed by atoms with Gasteiger partial charge in [0.15, 0.2) is 11.6 Å². The lowest BCUT2D eigenvalue weighted by Crippen LogP contribution is -2.15. The highest BCUT2D eigenvalue weighted by Crippen LogP contribution is 2.25. The molecule has 0 fully saturated rings. The molecule has 120 valence electrons. The fourth-order valence-electron chi connectivity index (χ4n) is 1.82. The highest BCUT2D eigenvalue weighted by atomic mass is 19.3. The number of nitrogens with one attached hydrogen (secondary N) is 1. The van der Waals surface area contributed by atoms with E-state index in [2.05, 4.69) is 5.32 Å². The standard InChI is InChI=1S/C14H8F4N2O3/c15-10-5-9(12(20(22)23)6-11(10)16)14(21)19-8-3-1-2-7(4-8)13(17)18/h1-6,13H,(H,19,21). The molecule has 0 aliphatic heterocycles. The predicted molar refractivity (Wildman–Crippen MR) is 72.4 cm³/mol. The maximum atomic E-state index is 13.2. The highest BCUT2D eigenvalue weighted by Gasteiger charge is 2.24. The largest absolute Gasteiger partial charge is 0.322 e. The summed E-state index contributed by atoms with van der Waals surface area (Å²) in [5, 5.41) is 13.0. The summed E-state index contributed by atoms with van der Waals surface area (Å²) in [6, 6.07) is 5.26. The average Bonchev–Trinajstić information content (AvgIpc) is 2.49. The summed E-state index contributed by atoms with van der Waals surface area (Å²) in [5.41, 5.74) is -2.10. The first-order valence-electron chi connectivity index (χ1n) is 6.12. The van der Waals surface area contributed by atoms with Crippen molar-refractivity contribution in [3.05, 3.63) is 69.3 Å². The number of alkyl halides is 2. The molecule has 1 N–H and O–H groups in total. The second-order valence-corrected chi connectivity index (χ2v) is 4.42. The summed E-state index contributed by atoms with van der Waals surface area (Å²) in [7, 11) is 0. The zero-order valence-electron chi connectivity index (χ0n) is 11.2. The molecule has 0 atom stereocenters. The molecule has 2 aromatic rings. The van der Waals surface area contributed by atoms with Gasteiger partial charge in [0, 0.05) is 11.3 Å². The van der Waals surface area contributed by atoms with Crippen LogP contribution in [0, 0.1) is 21.7 Å². The molecule has 0 saturated carbocycles. The van der Waals surface area contributed by atoms with Gasteiger partial charge in [-0.15, -0.1) is 0 Å². The van der Waals surface area contributed by atoms with Crippen molar-refractivity contribution in [1.29, 1.82) is 0 Å². The van der Waals surface area contributed by atoms with Gasteiger partial charge in [-0.05, 0) is 18.2 Å². The van der Waals surface area contributed by atoms with Gasteiger partial charge in [0.25, 0.3) is 18.0 Å². The van der Waals surface area contributed by atoms with Gasteiger partial charge < -0.3 is 5.32 Å². The third-order valence-electron chi connectivity index (χ3n) is 2.88. The minimum atomic E-state index is -2.77. The smallest absolute Gasteiger partial charge is 0.285 e. The second kappa shape index (κ2) is 6.42. The monoisotopic (exact) mass is 328 g/mol. The van der Waals surface area contributed by atoms with Crippen molar-refractivity contribution in [2.24, 2.45) is 0 Å². The van der Waals surface area contributed by atoms with Crippen molar-refractivity contribution in [1.82, 2.24) is 0 Å². The number of hydrogen-bond acceptors (Lipinski definition) is 3. The van der Waals surface area contributed by atoms with Crippen LogP contribution in [0.4, 0.5) is 28.9 Å². The molecule has 0 aromatic heterocycles. The normalized spacial score (nSPS) is 10.7. The Morgan fingerprint density at radius 1 is 1.13 bits per heavy atom. The third kappa shape index (κ3) is 3.62. The summed E-state index contributed by atoms with van der Waals surface area (Å²) in [5.74, 6) is -4.04. The first kappa shape index (κ1) is 16.4. The van der Waals surface area contributed by atoms with Crippen LogP contribution in [-0.2, 0) is 0 Å². The van der Waals surface area contributed by atoms with E-state index in [0.717, 1.165) is 12.1 Å². The van der Waals surface area contributed by atoms with E-state index in [1.165, 1.54) is 12.1 Å². The van der Waals surface area contributed by atoms with Crippen LogP contribution in [0.5, 0.6) is 0 Å². The Morgan fingerprint density at radius 2 is 1.78 bits per heavy atom. The van der Waals surface area contributed by atoms with Crippen LogP contribution in [0.2, 0.25) is 0 Å². The molecule has 0 radical (unpaired) electrons. The van der Waals surface area contributed by atoms with Crippen LogP contribution >= 0.6 is 0 Å². The summed E-state index contributed by atoms with van der Waals surface area (Å²) >= 11 is 0. The summed E-state index contributed by atoms with van der Waals surface area (Å²) in [6.07, 6.45) is -2.77. The second-order valence-electron chi connectivity index (χ2n) is 4.42. The van der Waals surface area contributed by atoms with E-state index in [1.54, 1.807) is 0 Å². The van der Waals surface area contributed by atoms with Crippen molar-refractivity contribution < 1.29 is 27.3 Å². The van der Waals surface area contributed by atoms with Crippen LogP contribution in [0.3, 0.4) is 0 Å². The number of halogens is 4. The Bertz CT molecular complexity index is 781. The van der Waals surface area contributed by atoms with Gasteiger partial charge in [-0.1, -0.05) is 12.1 Å². The Kier molecular flexibility index (Phi) is 4.58. The Labute approximate surface area is 126 Å². The summed E-state index contributed by atoms with van der Waals surface area (Å²) < 4.78 is 51.4. The molecule has 0 aliphatic rings. The molecule has 0 heterocycles. The number of nitro benzene ring substituents is 1. The van der Waals surface area contributed by atoms with E-state index in [-0.39, 0.29) is 17.3 Å². The van der Waals surface area contributed by atoms with E-state index < -0.39 is 40.1 Å². The van der Waals surface area contributed by atoms with Gasteiger partial charge in [0.2, 0.25) is 0 Å². The van der Waals surface area contributed by atoms with Crippen molar-refractivity contribution in [3.63, 3.8) is 0 Å². The lowest BCUT2D eigenvalue weighted by molar-refractivity contribution is -0.385. The SMILES string of the molecule is O=C(Nc1cccc(C(F)F)c1)c1cc(F)c(F)cc1[N+](=O)[O-]. The fourth-order valence-corrected chi connectivity index (χ4v) is 1.82. The number of nitro groups is 1. The average molecular weight is 328 g/mol. The zero-order valence-corrected chi connectivity index (χ0v) is 11.2. The number of carbonyl (C=O) groups is 1. The lowest BCUT2D eigenvalue weighted by Gasteiger charge is -2.08. The van der Waals surface area contributed by atoms with Crippen molar-refractivity contribution in [2.75, 3.05) is 5.32 Å². The summed E-state index contributed by atoms with van der Waals surface area (Å²) in [4.78, 5) is 21.8. The fraction of sp³-hybridized carbons (Fsp3) is 0.0714. The molecular weight excluding hydrogens is 320 g/mol. The minimum Gasteiger partial charge on any atom is -0.322 e. The Balaban J connectivity index is 2.36. The number of anilines is 1. The molecule has 9 heteroatoms. The van der Waals surface area contributed by atoms with Crippen molar-refractivity contribution in [2.45, 2.75) is 6.43 Å². The van der Waals surface area contributed by atoms with Crippen molar-refractivity contribution >= 4 is 17.3 Å². The van der Waals surface area contributed by atoms with Crippen LogP contribution < -0.4 is 5.32 Å². The van der Waals surface area contributed by atoms with Crippen LogP contribution in [0.15, 0.2) is 36.4 Å². The molecule has 2 rings (SSSR count). The Hall–Kier alpha value is -2.97. The molecule has 0 spiro atoms. The maximum absolute atomic E-state index is 13.2. The van der Waals surface area contributed by atoms with Gasteiger partial charge in [0.1, 0.15) is 5.56 Å². The Morgan fingerprint density at radius 3 is 2.39 bits per heavy atom. The van der Waals surface area contributed by atoms with E-state index >= 15 is 0 Å². The van der Waals surface area contributed by atoms with Crippen LogP contribution in [-0.4, -0.2) is 10.8 Å². The van der Waals surface area contributed by atoms with E-state index in [0.29, 0.717) is 6.07 Å². The molecule has 0 aliphatic carbocycles. The first-order valence-corrected chi connectivity index (χ1v) is 6.12. The molecule has 23 heavy (non-hydrogen) atoms. The van der Waals surface area contributed by atoms with E-state index in [9.17, 15) is 32.5 Å². The number of nitrogens with zero attached hydrogens (tertiary/aromatic N) is 1. The molecule has 0 bridgehead atoms. The molecule has 1 amide bonds. The van der Waals surface area contributed by atoms with Crippen LogP contribution in [0.25, 0.3) is 0 Å². The molecule has 0 unspecified atom stereocenters. The highest BCUT2D eigenvalue weighted by molar-refractivity contribution is 6.07. The lowest BCUT2D eigenvalue weighted by atomic mass is 10.1. The van der Waals surface area contributed by atoms with Gasteiger partial charge in [-0.25, -0.2) is 17.6 Å². The van der Waals surface area contributed by atoms with Crippen molar-refractivity contribution in [3.8, 4) is 0 Å². The van der Waals surface area contributed by atoms with Gasteiger partial charge in [-0.2, -0.15) is 0 Å². The van der Waals surface area contributed by atoms with Gasteiger partial charge >= 0.3 is 0 Å². The van der Waals surface area contributed by atoms with Crippen LogP contribution in [0.1, 0.15) is 22.3 Å². The number of amides is 1. The van der Waals surface area contributed by atoms with E-state index in [4.69, 9.17) is 0 Å². The zero-order chi connectivity index (χ0) is 17.1. The first-order chi connectivity index (χ1) is 10.8. The number of benzene rings is 2. The topological polar surface area (TPSA) is 72.2 Å². The van der Waals surface area contributed by atoms with Gasteiger partial charge in [0.05, 0.1) is 11.0 Å². The molecular formula is C14H8F4N2O3. The predicted octanol–water partition coefficient (Wildman–Crippen LogP) is 4.06. The maximum Gasteiger partial charge on any atom is 0.285 e. The number of hydrogen-bond donors (Lipinski definition) is 1. The molecule has 5 nitrogen and oxygen atoms in total. The van der Waals surface area contributed by atoms with E-state index in [1.807, 2.05) is 0 Å². The number of carbonyl (C=O) groups excluding carboxylic acids is 1. The third-order valence-corrected chi connectivity index (χ3v) is 2.88. The quantitative estimate of drug-likeness (QED) is 0.522.